The molecule has 1 fully saturated rings. The summed E-state index contributed by atoms with van der Waals surface area (Å²) in [6.07, 6.45) is 1.77. The van der Waals surface area contributed by atoms with Crippen LogP contribution in [0.15, 0.2) is 30.3 Å². The first-order valence-corrected chi connectivity index (χ1v) is 9.24. The molecule has 0 spiro atoms. The van der Waals surface area contributed by atoms with Crippen molar-refractivity contribution >= 4 is 0 Å². The molecule has 2 N–H and O–H groups in total. The number of hydrogen-bond donors (Lipinski definition) is 2. The molecule has 0 aliphatic heterocycles. The van der Waals surface area contributed by atoms with Crippen LogP contribution in [0.1, 0.15) is 62.2 Å². The van der Waals surface area contributed by atoms with Gasteiger partial charge in [-0.3, -0.25) is 4.68 Å². The molecule has 0 bridgehead atoms. The SMILES string of the molecule is Cc1nn(C(C)(C)C)c(C)c1CNCC1(C(O)c2ccccc2)CC1. The Morgan fingerprint density at radius 3 is 2.36 bits per heavy atom. The van der Waals surface area contributed by atoms with Gasteiger partial charge in [0.05, 0.1) is 17.3 Å². The number of hydrogen-bond acceptors (Lipinski definition) is 3. The van der Waals surface area contributed by atoms with Crippen molar-refractivity contribution in [1.82, 2.24) is 15.1 Å². The Morgan fingerprint density at radius 1 is 1.20 bits per heavy atom. The van der Waals surface area contributed by atoms with Crippen LogP contribution >= 0.6 is 0 Å². The molecule has 4 nitrogen and oxygen atoms in total. The van der Waals surface area contributed by atoms with Crippen LogP contribution < -0.4 is 5.32 Å². The van der Waals surface area contributed by atoms with Crippen molar-refractivity contribution < 1.29 is 5.11 Å². The molecule has 1 aliphatic rings. The number of nitrogens with zero attached hydrogens (tertiary/aromatic N) is 2. The highest BCUT2D eigenvalue weighted by Gasteiger charge is 2.48. The summed E-state index contributed by atoms with van der Waals surface area (Å²) >= 11 is 0. The molecule has 1 aliphatic carbocycles. The van der Waals surface area contributed by atoms with Crippen molar-refractivity contribution in [1.29, 1.82) is 0 Å². The van der Waals surface area contributed by atoms with Gasteiger partial charge in [-0.05, 0) is 53.0 Å². The molecule has 1 aromatic carbocycles. The fourth-order valence-corrected chi connectivity index (χ4v) is 3.72. The molecular formula is C21H31N3O. The predicted molar refractivity (Wildman–Crippen MR) is 101 cm³/mol. The highest BCUT2D eigenvalue weighted by molar-refractivity contribution is 5.26. The van der Waals surface area contributed by atoms with Gasteiger partial charge in [0.25, 0.3) is 0 Å². The minimum Gasteiger partial charge on any atom is -0.388 e. The molecule has 0 amide bonds. The Hall–Kier alpha value is -1.65. The third-order valence-corrected chi connectivity index (χ3v) is 5.44. The highest BCUT2D eigenvalue weighted by Crippen LogP contribution is 2.54. The van der Waals surface area contributed by atoms with Crippen LogP contribution in [0.25, 0.3) is 0 Å². The zero-order valence-corrected chi connectivity index (χ0v) is 16.1. The summed E-state index contributed by atoms with van der Waals surface area (Å²) in [4.78, 5) is 0. The zero-order valence-electron chi connectivity index (χ0n) is 16.1. The second kappa shape index (κ2) is 6.58. The number of rotatable bonds is 6. The Balaban J connectivity index is 1.65. The van der Waals surface area contributed by atoms with Crippen molar-refractivity contribution in [3.8, 4) is 0 Å². The van der Waals surface area contributed by atoms with Crippen molar-refractivity contribution in [2.45, 2.75) is 65.6 Å². The molecule has 1 aromatic heterocycles. The second-order valence-corrected chi connectivity index (χ2v) is 8.51. The van der Waals surface area contributed by atoms with Gasteiger partial charge in [-0.15, -0.1) is 0 Å². The summed E-state index contributed by atoms with van der Waals surface area (Å²) in [7, 11) is 0. The quantitative estimate of drug-likeness (QED) is 0.839. The van der Waals surface area contributed by atoms with Crippen molar-refractivity contribution in [3.63, 3.8) is 0 Å². The summed E-state index contributed by atoms with van der Waals surface area (Å²) in [6.45, 7) is 12.4. The Labute approximate surface area is 151 Å². The van der Waals surface area contributed by atoms with Crippen LogP contribution in [0.2, 0.25) is 0 Å². The first-order valence-electron chi connectivity index (χ1n) is 9.24. The lowest BCUT2D eigenvalue weighted by Gasteiger charge is -2.23. The lowest BCUT2D eigenvalue weighted by atomic mass is 9.92. The van der Waals surface area contributed by atoms with E-state index < -0.39 is 0 Å². The fraction of sp³-hybridized carbons (Fsp3) is 0.571. The van der Waals surface area contributed by atoms with Gasteiger partial charge >= 0.3 is 0 Å². The first-order chi connectivity index (χ1) is 11.7. The maximum atomic E-state index is 10.8. The van der Waals surface area contributed by atoms with E-state index in [2.05, 4.69) is 44.6 Å². The number of aliphatic hydroxyl groups excluding tert-OH is 1. The van der Waals surface area contributed by atoms with E-state index in [1.165, 1.54) is 11.3 Å². The lowest BCUT2D eigenvalue weighted by molar-refractivity contribution is 0.0917. The van der Waals surface area contributed by atoms with Gasteiger partial charge in [-0.25, -0.2) is 0 Å². The smallest absolute Gasteiger partial charge is 0.0858 e. The van der Waals surface area contributed by atoms with Gasteiger partial charge < -0.3 is 10.4 Å². The maximum absolute atomic E-state index is 10.8. The Bertz CT molecular complexity index is 724. The summed E-state index contributed by atoms with van der Waals surface area (Å²) < 4.78 is 2.12. The van der Waals surface area contributed by atoms with Crippen LogP contribution in [-0.2, 0) is 12.1 Å². The van der Waals surface area contributed by atoms with Crippen LogP contribution in [0, 0.1) is 19.3 Å². The van der Waals surface area contributed by atoms with Crippen molar-refractivity contribution in [2.75, 3.05) is 6.54 Å². The number of aromatic nitrogens is 2. The summed E-state index contributed by atoms with van der Waals surface area (Å²) in [5, 5.41) is 19.1. The average Bonchev–Trinajstić information content (AvgIpc) is 3.30. The van der Waals surface area contributed by atoms with E-state index in [0.29, 0.717) is 0 Å². The van der Waals surface area contributed by atoms with E-state index >= 15 is 0 Å². The van der Waals surface area contributed by atoms with Crippen LogP contribution in [-0.4, -0.2) is 21.4 Å². The van der Waals surface area contributed by atoms with E-state index in [9.17, 15) is 5.11 Å². The first kappa shape index (κ1) is 18.2. The minimum atomic E-state index is -0.388. The summed E-state index contributed by atoms with van der Waals surface area (Å²) in [5.41, 5.74) is 4.60. The molecule has 1 saturated carbocycles. The molecule has 1 heterocycles. The van der Waals surface area contributed by atoms with E-state index in [0.717, 1.165) is 37.2 Å². The van der Waals surface area contributed by atoms with Gasteiger partial charge in [0.1, 0.15) is 0 Å². The third kappa shape index (κ3) is 3.65. The van der Waals surface area contributed by atoms with Gasteiger partial charge in [-0.1, -0.05) is 30.3 Å². The van der Waals surface area contributed by atoms with Crippen LogP contribution in [0.5, 0.6) is 0 Å². The van der Waals surface area contributed by atoms with E-state index in [1.54, 1.807) is 0 Å². The predicted octanol–water partition coefficient (Wildman–Crippen LogP) is 3.86. The molecule has 0 radical (unpaired) electrons. The van der Waals surface area contributed by atoms with Gasteiger partial charge in [0.2, 0.25) is 0 Å². The van der Waals surface area contributed by atoms with Gasteiger partial charge in [0, 0.05) is 29.8 Å². The van der Waals surface area contributed by atoms with E-state index in [1.807, 2.05) is 30.3 Å². The monoisotopic (exact) mass is 341 g/mol. The van der Waals surface area contributed by atoms with Crippen molar-refractivity contribution in [3.05, 3.63) is 52.8 Å². The van der Waals surface area contributed by atoms with E-state index in [-0.39, 0.29) is 17.1 Å². The Morgan fingerprint density at radius 2 is 1.84 bits per heavy atom. The van der Waals surface area contributed by atoms with Gasteiger partial charge in [0.15, 0.2) is 0 Å². The lowest BCUT2D eigenvalue weighted by Crippen LogP contribution is -2.29. The minimum absolute atomic E-state index is 0.00564. The molecule has 1 unspecified atom stereocenters. The average molecular weight is 341 g/mol. The van der Waals surface area contributed by atoms with Crippen LogP contribution in [0.4, 0.5) is 0 Å². The number of nitrogens with one attached hydrogen (secondary N) is 1. The molecule has 2 aromatic rings. The Kier molecular flexibility index (Phi) is 4.78. The highest BCUT2D eigenvalue weighted by atomic mass is 16.3. The summed E-state index contributed by atoms with van der Waals surface area (Å²) in [6, 6.07) is 10.0. The molecular weight excluding hydrogens is 310 g/mol. The molecule has 25 heavy (non-hydrogen) atoms. The van der Waals surface area contributed by atoms with E-state index in [4.69, 9.17) is 5.10 Å². The molecule has 4 heteroatoms. The molecule has 1 atom stereocenters. The largest absolute Gasteiger partial charge is 0.388 e. The van der Waals surface area contributed by atoms with Crippen LogP contribution in [0.3, 0.4) is 0 Å². The number of benzene rings is 1. The summed E-state index contributed by atoms with van der Waals surface area (Å²) in [5.74, 6) is 0. The second-order valence-electron chi connectivity index (χ2n) is 8.51. The topological polar surface area (TPSA) is 50.1 Å². The maximum Gasteiger partial charge on any atom is 0.0858 e. The molecule has 3 rings (SSSR count). The normalized spacial score (nSPS) is 17.5. The zero-order chi connectivity index (χ0) is 18.2. The van der Waals surface area contributed by atoms with Crippen molar-refractivity contribution in [2.24, 2.45) is 5.41 Å². The number of aryl methyl sites for hydroxylation is 1. The fourth-order valence-electron chi connectivity index (χ4n) is 3.72. The number of aliphatic hydroxyl groups is 1. The standard InChI is InChI=1S/C21H31N3O/c1-15-18(16(2)24(23-15)20(3,4)5)13-22-14-21(11-12-21)19(25)17-9-7-6-8-10-17/h6-10,19,22,25H,11-14H2,1-5H3. The van der Waals surface area contributed by atoms with Gasteiger partial charge in [-0.2, -0.15) is 5.10 Å². The third-order valence-electron chi connectivity index (χ3n) is 5.44. The molecule has 0 saturated heterocycles. The molecule has 136 valence electrons.